The second kappa shape index (κ2) is 4.50. The van der Waals surface area contributed by atoms with Gasteiger partial charge in [-0.25, -0.2) is 0 Å². The highest BCUT2D eigenvalue weighted by Crippen LogP contribution is 2.14. The van der Waals surface area contributed by atoms with Crippen LogP contribution in [0.4, 0.5) is 0 Å². The van der Waals surface area contributed by atoms with E-state index < -0.39 is 6.10 Å². The largest absolute Gasteiger partial charge is 0.386 e. The molecule has 0 radical (unpaired) electrons. The van der Waals surface area contributed by atoms with Crippen LogP contribution in [-0.4, -0.2) is 15.5 Å². The van der Waals surface area contributed by atoms with Crippen LogP contribution in [-0.2, 0) is 0 Å². The van der Waals surface area contributed by atoms with Crippen molar-refractivity contribution in [3.63, 3.8) is 0 Å². The predicted molar refractivity (Wildman–Crippen MR) is 52.5 cm³/mol. The van der Waals surface area contributed by atoms with Crippen LogP contribution >= 0.6 is 23.8 Å². The summed E-state index contributed by atoms with van der Waals surface area (Å²) in [4.78, 5) is 3.95. The predicted octanol–water partition coefficient (Wildman–Crippen LogP) is 2.16. The molecular weight excluding hydrogens is 194 g/mol. The molecule has 2 nitrogen and oxygen atoms in total. The number of halogens is 1. The minimum absolute atomic E-state index is 0.434. The third kappa shape index (κ3) is 2.52. The first-order valence-electron chi connectivity index (χ1n) is 3.47. The van der Waals surface area contributed by atoms with Gasteiger partial charge in [0.15, 0.2) is 0 Å². The molecule has 0 spiro atoms. The number of nitrogens with zero attached hydrogens (tertiary/aromatic N) is 1. The van der Waals surface area contributed by atoms with Crippen LogP contribution < -0.4 is 0 Å². The third-order valence-corrected chi connectivity index (χ3v) is 1.83. The maximum Gasteiger partial charge on any atom is 0.100 e. The fraction of sp³-hybridized carbons (Fsp3) is 0.250. The standard InChI is InChI=1S/C8H8ClNOS/c9-6-1-2-7(10-5-6)8(11)3-4-12/h1-2,4-5,8,11H,3H2. The number of aliphatic hydroxyl groups excluding tert-OH is 1. The van der Waals surface area contributed by atoms with Gasteiger partial charge in [-0.2, -0.15) is 0 Å². The zero-order chi connectivity index (χ0) is 8.97. The molecular formula is C8H8ClNOS. The van der Waals surface area contributed by atoms with Crippen molar-refractivity contribution >= 4 is 29.2 Å². The molecule has 0 aliphatic carbocycles. The molecule has 0 aliphatic rings. The molecule has 0 saturated carbocycles. The fourth-order valence-electron chi connectivity index (χ4n) is 0.796. The van der Waals surface area contributed by atoms with E-state index in [-0.39, 0.29) is 0 Å². The second-order valence-corrected chi connectivity index (χ2v) is 3.09. The summed E-state index contributed by atoms with van der Waals surface area (Å²) in [6.45, 7) is 0. The van der Waals surface area contributed by atoms with Crippen LogP contribution in [0.3, 0.4) is 0 Å². The molecule has 1 aromatic rings. The Morgan fingerprint density at radius 3 is 2.92 bits per heavy atom. The first-order chi connectivity index (χ1) is 5.74. The summed E-state index contributed by atoms with van der Waals surface area (Å²) >= 11 is 10.2. The first kappa shape index (κ1) is 9.58. The van der Waals surface area contributed by atoms with Gasteiger partial charge in [0.2, 0.25) is 0 Å². The highest BCUT2D eigenvalue weighted by atomic mass is 35.5. The van der Waals surface area contributed by atoms with Crippen molar-refractivity contribution in [1.82, 2.24) is 4.98 Å². The lowest BCUT2D eigenvalue weighted by molar-refractivity contribution is 0.183. The van der Waals surface area contributed by atoms with E-state index in [4.69, 9.17) is 11.6 Å². The van der Waals surface area contributed by atoms with Crippen LogP contribution in [0.1, 0.15) is 18.2 Å². The molecule has 1 unspecified atom stereocenters. The Hall–Kier alpha value is -0.510. The molecule has 0 fully saturated rings. The van der Waals surface area contributed by atoms with E-state index in [0.29, 0.717) is 17.1 Å². The van der Waals surface area contributed by atoms with Crippen LogP contribution in [0.5, 0.6) is 0 Å². The number of hydrogen-bond acceptors (Lipinski definition) is 3. The summed E-state index contributed by atoms with van der Waals surface area (Å²) in [7, 11) is 0. The van der Waals surface area contributed by atoms with Crippen molar-refractivity contribution in [2.24, 2.45) is 0 Å². The molecule has 1 atom stereocenters. The molecule has 1 N–H and O–H groups in total. The van der Waals surface area contributed by atoms with Crippen molar-refractivity contribution in [2.45, 2.75) is 12.5 Å². The lowest BCUT2D eigenvalue weighted by Crippen LogP contribution is -1.99. The van der Waals surface area contributed by atoms with Crippen molar-refractivity contribution in [3.05, 3.63) is 29.0 Å². The Kier molecular flexibility index (Phi) is 3.59. The quantitative estimate of drug-likeness (QED) is 0.761. The van der Waals surface area contributed by atoms with E-state index in [1.165, 1.54) is 11.6 Å². The van der Waals surface area contributed by atoms with Gasteiger partial charge < -0.3 is 5.11 Å². The Bertz CT molecular complexity index is 262. The van der Waals surface area contributed by atoms with Gasteiger partial charge in [-0.15, -0.1) is 0 Å². The molecule has 1 aromatic heterocycles. The third-order valence-electron chi connectivity index (χ3n) is 1.41. The monoisotopic (exact) mass is 201 g/mol. The number of aliphatic hydroxyl groups is 1. The Labute approximate surface area is 81.2 Å². The zero-order valence-electron chi connectivity index (χ0n) is 6.27. The molecule has 0 saturated heterocycles. The maximum atomic E-state index is 9.41. The van der Waals surface area contributed by atoms with E-state index >= 15 is 0 Å². The van der Waals surface area contributed by atoms with Crippen LogP contribution in [0.2, 0.25) is 5.02 Å². The zero-order valence-corrected chi connectivity index (χ0v) is 7.85. The summed E-state index contributed by atoms with van der Waals surface area (Å²) in [5, 5.41) is 11.5. The van der Waals surface area contributed by atoms with Gasteiger partial charge in [-0.3, -0.25) is 4.98 Å². The number of thiocarbonyl (C=S) groups is 1. The van der Waals surface area contributed by atoms with Crippen LogP contribution in [0.15, 0.2) is 18.3 Å². The van der Waals surface area contributed by atoms with Gasteiger partial charge in [0.1, 0.15) is 6.10 Å². The summed E-state index contributed by atoms with van der Waals surface area (Å²) < 4.78 is 0. The molecule has 1 heterocycles. The van der Waals surface area contributed by atoms with Gasteiger partial charge in [0.25, 0.3) is 0 Å². The molecule has 0 bridgehead atoms. The lowest BCUT2D eigenvalue weighted by Gasteiger charge is -2.05. The van der Waals surface area contributed by atoms with Crippen LogP contribution in [0, 0.1) is 0 Å². The second-order valence-electron chi connectivity index (χ2n) is 2.32. The van der Waals surface area contributed by atoms with Gasteiger partial charge in [0.05, 0.1) is 10.7 Å². The van der Waals surface area contributed by atoms with Crippen molar-refractivity contribution in [3.8, 4) is 0 Å². The molecule has 4 heteroatoms. The molecule has 12 heavy (non-hydrogen) atoms. The Morgan fingerprint density at radius 2 is 2.42 bits per heavy atom. The summed E-state index contributed by atoms with van der Waals surface area (Å²) in [6.07, 6.45) is 1.33. The van der Waals surface area contributed by atoms with Crippen molar-refractivity contribution in [2.75, 3.05) is 0 Å². The van der Waals surface area contributed by atoms with Crippen LogP contribution in [0.25, 0.3) is 0 Å². The highest BCUT2D eigenvalue weighted by molar-refractivity contribution is 7.78. The van der Waals surface area contributed by atoms with E-state index in [1.54, 1.807) is 12.1 Å². The molecule has 0 aliphatic heterocycles. The number of hydrogen-bond donors (Lipinski definition) is 1. The smallest absolute Gasteiger partial charge is 0.100 e. The summed E-state index contributed by atoms with van der Waals surface area (Å²) in [5.74, 6) is 0. The minimum Gasteiger partial charge on any atom is -0.386 e. The number of rotatable bonds is 3. The van der Waals surface area contributed by atoms with Gasteiger partial charge in [-0.05, 0) is 17.5 Å². The summed E-state index contributed by atoms with van der Waals surface area (Å²) in [5.41, 5.74) is 0.598. The topological polar surface area (TPSA) is 33.1 Å². The molecule has 1 rings (SSSR count). The van der Waals surface area contributed by atoms with E-state index in [9.17, 15) is 5.11 Å². The van der Waals surface area contributed by atoms with Crippen molar-refractivity contribution < 1.29 is 5.11 Å². The molecule has 0 aromatic carbocycles. The van der Waals surface area contributed by atoms with Gasteiger partial charge in [-0.1, -0.05) is 23.8 Å². The normalized spacial score (nSPS) is 12.5. The first-order valence-corrected chi connectivity index (χ1v) is 4.32. The Morgan fingerprint density at radius 1 is 1.67 bits per heavy atom. The fourth-order valence-corrected chi connectivity index (χ4v) is 1.09. The van der Waals surface area contributed by atoms with Crippen molar-refractivity contribution in [1.29, 1.82) is 0 Å². The van der Waals surface area contributed by atoms with E-state index in [0.717, 1.165) is 0 Å². The Balaban J connectivity index is 2.74. The van der Waals surface area contributed by atoms with E-state index in [1.807, 2.05) is 0 Å². The lowest BCUT2D eigenvalue weighted by atomic mass is 10.2. The molecule has 64 valence electrons. The highest BCUT2D eigenvalue weighted by Gasteiger charge is 2.05. The SMILES string of the molecule is OC(CC=S)c1ccc(Cl)cn1. The summed E-state index contributed by atoms with van der Waals surface area (Å²) in [6, 6.07) is 3.38. The molecule has 0 amide bonds. The maximum absolute atomic E-state index is 9.41. The minimum atomic E-state index is -0.611. The van der Waals surface area contributed by atoms with E-state index in [2.05, 4.69) is 17.2 Å². The van der Waals surface area contributed by atoms with Gasteiger partial charge in [0, 0.05) is 12.6 Å². The number of aromatic nitrogens is 1. The average Bonchev–Trinajstić information content (AvgIpc) is 2.06. The van der Waals surface area contributed by atoms with Gasteiger partial charge >= 0.3 is 0 Å². The average molecular weight is 202 g/mol. The number of pyridine rings is 1.